The van der Waals surface area contributed by atoms with Crippen LogP contribution < -0.4 is 10.1 Å². The highest BCUT2D eigenvalue weighted by molar-refractivity contribution is 5.20. The lowest BCUT2D eigenvalue weighted by Gasteiger charge is -2.09. The molecular weight excluding hydrogens is 216 g/mol. The molecule has 1 aromatic rings. The molecule has 96 valence electrons. The van der Waals surface area contributed by atoms with Crippen molar-refractivity contribution in [3.05, 3.63) is 23.9 Å². The Morgan fingerprint density at radius 2 is 2.18 bits per heavy atom. The Bertz CT molecular complexity index is 316. The Labute approximate surface area is 103 Å². The first-order chi connectivity index (χ1) is 8.22. The van der Waals surface area contributed by atoms with Gasteiger partial charge in [0.1, 0.15) is 6.61 Å². The van der Waals surface area contributed by atoms with Gasteiger partial charge >= 0.3 is 0 Å². The van der Waals surface area contributed by atoms with E-state index in [2.05, 4.69) is 17.2 Å². The zero-order valence-electron chi connectivity index (χ0n) is 10.9. The van der Waals surface area contributed by atoms with E-state index in [0.29, 0.717) is 19.1 Å². The van der Waals surface area contributed by atoms with Gasteiger partial charge in [0.15, 0.2) is 0 Å². The molecule has 1 rings (SSSR count). The lowest BCUT2D eigenvalue weighted by Crippen LogP contribution is -2.13. The number of nitrogens with one attached hydrogen (secondary N) is 1. The van der Waals surface area contributed by atoms with Crippen molar-refractivity contribution in [2.24, 2.45) is 0 Å². The fraction of sp³-hybridized carbons (Fsp3) is 0.615. The van der Waals surface area contributed by atoms with E-state index in [-0.39, 0.29) is 6.10 Å². The van der Waals surface area contributed by atoms with Gasteiger partial charge in [-0.2, -0.15) is 0 Å². The van der Waals surface area contributed by atoms with Gasteiger partial charge in [-0.15, -0.1) is 0 Å². The maximum absolute atomic E-state index is 5.51. The van der Waals surface area contributed by atoms with Crippen LogP contribution in [0.3, 0.4) is 0 Å². The molecule has 4 heteroatoms. The highest BCUT2D eigenvalue weighted by Crippen LogP contribution is 2.09. The minimum absolute atomic E-state index is 0.242. The summed E-state index contributed by atoms with van der Waals surface area (Å²) in [6.07, 6.45) is 2.01. The Kier molecular flexibility index (Phi) is 6.58. The van der Waals surface area contributed by atoms with Crippen molar-refractivity contribution < 1.29 is 9.47 Å². The molecule has 0 fully saturated rings. The van der Waals surface area contributed by atoms with E-state index in [0.717, 1.165) is 13.1 Å². The Balaban J connectivity index is 2.32. The number of ether oxygens (including phenoxy) is 2. The van der Waals surface area contributed by atoms with E-state index in [1.54, 1.807) is 6.20 Å². The molecule has 0 atom stereocenters. The van der Waals surface area contributed by atoms with Crippen LogP contribution in [0.15, 0.2) is 18.3 Å². The van der Waals surface area contributed by atoms with Crippen LogP contribution in [0.4, 0.5) is 0 Å². The standard InChI is InChI=1S/C13H22N2O2/c1-4-14-10-12-5-6-15-13(9-12)17-8-7-16-11(2)3/h5-6,9,11,14H,4,7-8,10H2,1-3H3. The first-order valence-corrected chi connectivity index (χ1v) is 6.12. The van der Waals surface area contributed by atoms with Crippen molar-refractivity contribution in [2.45, 2.75) is 33.4 Å². The average Bonchev–Trinajstić information content (AvgIpc) is 2.32. The van der Waals surface area contributed by atoms with Gasteiger partial charge in [0.05, 0.1) is 12.7 Å². The van der Waals surface area contributed by atoms with Gasteiger partial charge in [-0.25, -0.2) is 4.98 Å². The molecule has 0 aliphatic carbocycles. The maximum atomic E-state index is 5.51. The molecular formula is C13H22N2O2. The smallest absolute Gasteiger partial charge is 0.213 e. The lowest BCUT2D eigenvalue weighted by molar-refractivity contribution is 0.0542. The second-order valence-corrected chi connectivity index (χ2v) is 4.05. The molecule has 4 nitrogen and oxygen atoms in total. The van der Waals surface area contributed by atoms with E-state index >= 15 is 0 Å². The van der Waals surface area contributed by atoms with Crippen LogP contribution in [0.1, 0.15) is 26.3 Å². The number of aromatic nitrogens is 1. The molecule has 1 N–H and O–H groups in total. The highest BCUT2D eigenvalue weighted by atomic mass is 16.5. The Hall–Kier alpha value is -1.13. The summed E-state index contributed by atoms with van der Waals surface area (Å²) in [5.74, 6) is 0.660. The van der Waals surface area contributed by atoms with Crippen molar-refractivity contribution >= 4 is 0 Å². The number of hydrogen-bond donors (Lipinski definition) is 1. The summed E-state index contributed by atoms with van der Waals surface area (Å²) in [5.41, 5.74) is 1.18. The van der Waals surface area contributed by atoms with Crippen LogP contribution in [0, 0.1) is 0 Å². The number of nitrogens with zero attached hydrogens (tertiary/aromatic N) is 1. The summed E-state index contributed by atoms with van der Waals surface area (Å²) in [6, 6.07) is 3.94. The first-order valence-electron chi connectivity index (χ1n) is 6.12. The summed E-state index contributed by atoms with van der Waals surface area (Å²) >= 11 is 0. The van der Waals surface area contributed by atoms with Crippen molar-refractivity contribution in [1.29, 1.82) is 0 Å². The maximum Gasteiger partial charge on any atom is 0.213 e. The van der Waals surface area contributed by atoms with Crippen LogP contribution >= 0.6 is 0 Å². The first kappa shape index (κ1) is 13.9. The topological polar surface area (TPSA) is 43.4 Å². The van der Waals surface area contributed by atoms with Crippen LogP contribution in [0.25, 0.3) is 0 Å². The predicted molar refractivity (Wildman–Crippen MR) is 68.2 cm³/mol. The van der Waals surface area contributed by atoms with E-state index in [1.165, 1.54) is 5.56 Å². The summed E-state index contributed by atoms with van der Waals surface area (Å²) in [4.78, 5) is 4.16. The molecule has 0 spiro atoms. The highest BCUT2D eigenvalue weighted by Gasteiger charge is 1.99. The van der Waals surface area contributed by atoms with Crippen LogP contribution in [0.2, 0.25) is 0 Å². The number of pyridine rings is 1. The normalized spacial score (nSPS) is 10.8. The average molecular weight is 238 g/mol. The summed E-state index contributed by atoms with van der Waals surface area (Å²) in [5, 5.41) is 3.27. The van der Waals surface area contributed by atoms with Gasteiger partial charge in [-0.1, -0.05) is 6.92 Å². The van der Waals surface area contributed by atoms with Crippen molar-refractivity contribution in [2.75, 3.05) is 19.8 Å². The number of hydrogen-bond acceptors (Lipinski definition) is 4. The third kappa shape index (κ3) is 6.24. The quantitative estimate of drug-likeness (QED) is 0.703. The minimum Gasteiger partial charge on any atom is -0.475 e. The molecule has 0 saturated carbocycles. The van der Waals surface area contributed by atoms with Gasteiger partial charge in [0.25, 0.3) is 0 Å². The summed E-state index contributed by atoms with van der Waals surface area (Å²) < 4.78 is 10.9. The van der Waals surface area contributed by atoms with Gasteiger partial charge in [0, 0.05) is 18.8 Å². The zero-order valence-corrected chi connectivity index (χ0v) is 10.9. The summed E-state index contributed by atoms with van der Waals surface area (Å²) in [6.45, 7) is 9.04. The second kappa shape index (κ2) is 8.03. The molecule has 0 radical (unpaired) electrons. The molecule has 0 saturated heterocycles. The third-order valence-electron chi connectivity index (χ3n) is 2.16. The SMILES string of the molecule is CCNCc1ccnc(OCCOC(C)C)c1. The largest absolute Gasteiger partial charge is 0.475 e. The Morgan fingerprint density at radius 1 is 1.35 bits per heavy atom. The lowest BCUT2D eigenvalue weighted by atomic mass is 10.2. The van der Waals surface area contributed by atoms with Gasteiger partial charge in [0.2, 0.25) is 5.88 Å². The van der Waals surface area contributed by atoms with E-state index in [9.17, 15) is 0 Å². The van der Waals surface area contributed by atoms with Crippen LogP contribution in [-0.2, 0) is 11.3 Å². The second-order valence-electron chi connectivity index (χ2n) is 4.05. The molecule has 0 amide bonds. The number of rotatable bonds is 8. The Morgan fingerprint density at radius 3 is 2.88 bits per heavy atom. The molecule has 0 unspecified atom stereocenters. The third-order valence-corrected chi connectivity index (χ3v) is 2.16. The van der Waals surface area contributed by atoms with E-state index < -0.39 is 0 Å². The molecule has 0 aliphatic rings. The molecule has 1 heterocycles. The molecule has 1 aromatic heterocycles. The monoisotopic (exact) mass is 238 g/mol. The molecule has 0 aromatic carbocycles. The van der Waals surface area contributed by atoms with E-state index in [4.69, 9.17) is 9.47 Å². The predicted octanol–water partition coefficient (Wildman–Crippen LogP) is 1.99. The molecule has 0 aliphatic heterocycles. The van der Waals surface area contributed by atoms with Crippen LogP contribution in [-0.4, -0.2) is 30.8 Å². The van der Waals surface area contributed by atoms with Gasteiger partial charge in [-0.3, -0.25) is 0 Å². The summed E-state index contributed by atoms with van der Waals surface area (Å²) in [7, 11) is 0. The van der Waals surface area contributed by atoms with E-state index in [1.807, 2.05) is 26.0 Å². The van der Waals surface area contributed by atoms with Crippen LogP contribution in [0.5, 0.6) is 5.88 Å². The minimum atomic E-state index is 0.242. The van der Waals surface area contributed by atoms with Gasteiger partial charge in [-0.05, 0) is 32.0 Å². The zero-order chi connectivity index (χ0) is 12.5. The molecule has 17 heavy (non-hydrogen) atoms. The van der Waals surface area contributed by atoms with Crippen molar-refractivity contribution in [3.8, 4) is 5.88 Å². The van der Waals surface area contributed by atoms with Crippen molar-refractivity contribution in [3.63, 3.8) is 0 Å². The fourth-order valence-electron chi connectivity index (χ4n) is 1.34. The fourth-order valence-corrected chi connectivity index (χ4v) is 1.34. The van der Waals surface area contributed by atoms with Gasteiger partial charge < -0.3 is 14.8 Å². The van der Waals surface area contributed by atoms with Crippen molar-refractivity contribution in [1.82, 2.24) is 10.3 Å². The molecule has 0 bridgehead atoms.